The molecule has 2 aromatic rings. The average Bonchev–Trinajstić information content (AvgIpc) is 2.65. The van der Waals surface area contributed by atoms with Gasteiger partial charge in [0, 0.05) is 37.6 Å². The van der Waals surface area contributed by atoms with Gasteiger partial charge in [0.05, 0.1) is 11.9 Å². The summed E-state index contributed by atoms with van der Waals surface area (Å²) in [6.45, 7) is 8.05. The third-order valence-electron chi connectivity index (χ3n) is 4.21. The van der Waals surface area contributed by atoms with Crippen LogP contribution in [0.4, 0.5) is 20.7 Å². The molecule has 10 heteroatoms. The maximum Gasteiger partial charge on any atom is 0.528 e. The SMILES string of the molecule is Cc1cc(Nc2cc(OC3CCN(OC(=O)OC(C)(C)C)CC3)ncn2)cnc1F. The molecule has 0 atom stereocenters. The van der Waals surface area contributed by atoms with E-state index in [1.807, 2.05) is 0 Å². The number of nitrogens with one attached hydrogen (secondary N) is 1. The number of hydroxylamine groups is 2. The monoisotopic (exact) mass is 419 g/mol. The summed E-state index contributed by atoms with van der Waals surface area (Å²) in [5.74, 6) is 0.429. The summed E-state index contributed by atoms with van der Waals surface area (Å²) < 4.78 is 24.4. The number of rotatable bonds is 5. The number of aromatic nitrogens is 3. The second kappa shape index (κ2) is 9.21. The van der Waals surface area contributed by atoms with E-state index in [0.717, 1.165) is 0 Å². The zero-order valence-corrected chi connectivity index (χ0v) is 17.5. The summed E-state index contributed by atoms with van der Waals surface area (Å²) in [4.78, 5) is 29.0. The highest BCUT2D eigenvalue weighted by Crippen LogP contribution is 2.22. The number of carbonyl (C=O) groups is 1. The molecule has 1 N–H and O–H groups in total. The highest BCUT2D eigenvalue weighted by Gasteiger charge is 2.26. The van der Waals surface area contributed by atoms with Crippen molar-refractivity contribution >= 4 is 17.7 Å². The molecule has 162 valence electrons. The fourth-order valence-corrected chi connectivity index (χ4v) is 2.83. The third-order valence-corrected chi connectivity index (χ3v) is 4.21. The maximum absolute atomic E-state index is 13.3. The van der Waals surface area contributed by atoms with Gasteiger partial charge in [0.15, 0.2) is 0 Å². The van der Waals surface area contributed by atoms with Gasteiger partial charge in [-0.3, -0.25) is 0 Å². The van der Waals surface area contributed by atoms with E-state index in [1.54, 1.807) is 44.9 Å². The van der Waals surface area contributed by atoms with E-state index in [1.165, 1.54) is 12.5 Å². The van der Waals surface area contributed by atoms with Gasteiger partial charge in [-0.2, -0.15) is 4.39 Å². The topological polar surface area (TPSA) is 98.7 Å². The van der Waals surface area contributed by atoms with Crippen LogP contribution in [0.3, 0.4) is 0 Å². The third kappa shape index (κ3) is 6.51. The first-order chi connectivity index (χ1) is 14.2. The lowest BCUT2D eigenvalue weighted by molar-refractivity contribution is -0.159. The normalized spacial score (nSPS) is 15.5. The van der Waals surface area contributed by atoms with Crippen molar-refractivity contribution in [2.45, 2.75) is 52.2 Å². The smallest absolute Gasteiger partial charge is 0.474 e. The quantitative estimate of drug-likeness (QED) is 0.573. The average molecular weight is 419 g/mol. The van der Waals surface area contributed by atoms with Gasteiger partial charge in [-0.25, -0.2) is 19.7 Å². The van der Waals surface area contributed by atoms with Crippen LogP contribution in [0.1, 0.15) is 39.2 Å². The lowest BCUT2D eigenvalue weighted by atomic mass is 10.1. The largest absolute Gasteiger partial charge is 0.528 e. The molecule has 0 saturated carbocycles. The van der Waals surface area contributed by atoms with Gasteiger partial charge < -0.3 is 19.6 Å². The van der Waals surface area contributed by atoms with Crippen LogP contribution in [0.5, 0.6) is 5.88 Å². The van der Waals surface area contributed by atoms with Gasteiger partial charge in [-0.05, 0) is 33.8 Å². The Morgan fingerprint density at radius 1 is 1.20 bits per heavy atom. The fourth-order valence-electron chi connectivity index (χ4n) is 2.83. The molecular formula is C20H26FN5O4. The Kier molecular flexibility index (Phi) is 6.66. The number of hydrogen-bond acceptors (Lipinski definition) is 9. The van der Waals surface area contributed by atoms with Gasteiger partial charge in [0.25, 0.3) is 0 Å². The summed E-state index contributed by atoms with van der Waals surface area (Å²) in [7, 11) is 0. The molecule has 0 aromatic carbocycles. The van der Waals surface area contributed by atoms with Crippen LogP contribution in [-0.4, -0.2) is 51.0 Å². The Labute approximate surface area is 174 Å². The van der Waals surface area contributed by atoms with Crippen molar-refractivity contribution in [1.29, 1.82) is 0 Å². The number of anilines is 2. The van der Waals surface area contributed by atoms with Gasteiger partial charge in [-0.15, -0.1) is 5.06 Å². The number of halogens is 1. The first kappa shape index (κ1) is 21.7. The van der Waals surface area contributed by atoms with Crippen molar-refractivity contribution in [2.24, 2.45) is 0 Å². The van der Waals surface area contributed by atoms with Crippen LogP contribution in [-0.2, 0) is 9.57 Å². The molecule has 0 unspecified atom stereocenters. The first-order valence-corrected chi connectivity index (χ1v) is 9.72. The van der Waals surface area contributed by atoms with Crippen LogP contribution in [0.25, 0.3) is 0 Å². The summed E-state index contributed by atoms with van der Waals surface area (Å²) in [5, 5.41) is 4.63. The summed E-state index contributed by atoms with van der Waals surface area (Å²) in [6.07, 6.45) is 3.33. The molecule has 1 fully saturated rings. The zero-order valence-electron chi connectivity index (χ0n) is 17.5. The van der Waals surface area contributed by atoms with Crippen LogP contribution >= 0.6 is 0 Å². The summed E-state index contributed by atoms with van der Waals surface area (Å²) >= 11 is 0. The number of nitrogens with zero attached hydrogens (tertiary/aromatic N) is 4. The second-order valence-corrected chi connectivity index (χ2v) is 8.00. The Hall–Kier alpha value is -3.01. The number of carbonyl (C=O) groups excluding carboxylic acids is 1. The molecule has 1 aliphatic heterocycles. The lowest BCUT2D eigenvalue weighted by Gasteiger charge is -2.30. The predicted octanol–water partition coefficient (Wildman–Crippen LogP) is 3.77. The minimum atomic E-state index is -0.709. The van der Waals surface area contributed by atoms with E-state index in [2.05, 4.69) is 20.3 Å². The molecule has 3 heterocycles. The van der Waals surface area contributed by atoms with Gasteiger partial charge >= 0.3 is 6.16 Å². The molecule has 9 nitrogen and oxygen atoms in total. The number of hydrogen-bond donors (Lipinski definition) is 1. The molecule has 1 aliphatic rings. The van der Waals surface area contributed by atoms with Crippen molar-refractivity contribution in [2.75, 3.05) is 18.4 Å². The van der Waals surface area contributed by atoms with Crippen LogP contribution in [0, 0.1) is 12.9 Å². The number of ether oxygens (including phenoxy) is 2. The zero-order chi connectivity index (χ0) is 21.7. The highest BCUT2D eigenvalue weighted by molar-refractivity contribution is 5.60. The molecule has 0 amide bonds. The van der Waals surface area contributed by atoms with E-state index in [9.17, 15) is 9.18 Å². The van der Waals surface area contributed by atoms with Crippen molar-refractivity contribution in [3.63, 3.8) is 0 Å². The molecule has 0 bridgehead atoms. The van der Waals surface area contributed by atoms with Crippen molar-refractivity contribution < 1.29 is 23.5 Å². The number of piperidine rings is 1. The molecule has 0 radical (unpaired) electrons. The standard InChI is InChI=1S/C20H26FN5O4/c1-13-9-14(11-22-18(13)21)25-16-10-17(24-12-23-16)28-15-5-7-26(8-6-15)30-19(27)29-20(2,3)4/h9-12,15H,5-8H2,1-4H3,(H,23,24,25). The maximum atomic E-state index is 13.3. The highest BCUT2D eigenvalue weighted by atomic mass is 19.1. The molecule has 2 aromatic heterocycles. The van der Waals surface area contributed by atoms with E-state index in [0.29, 0.717) is 48.9 Å². The van der Waals surface area contributed by atoms with E-state index in [4.69, 9.17) is 14.3 Å². The van der Waals surface area contributed by atoms with Crippen LogP contribution < -0.4 is 10.1 Å². The Balaban J connectivity index is 1.50. The van der Waals surface area contributed by atoms with E-state index >= 15 is 0 Å². The minimum absolute atomic E-state index is 0.0685. The number of aryl methyl sites for hydroxylation is 1. The van der Waals surface area contributed by atoms with E-state index in [-0.39, 0.29) is 6.10 Å². The van der Waals surface area contributed by atoms with E-state index < -0.39 is 17.7 Å². The number of pyridine rings is 1. The molecule has 1 saturated heterocycles. The Bertz CT molecular complexity index is 882. The Morgan fingerprint density at radius 3 is 2.60 bits per heavy atom. The summed E-state index contributed by atoms with van der Waals surface area (Å²) in [5.41, 5.74) is 0.456. The second-order valence-electron chi connectivity index (χ2n) is 8.00. The lowest BCUT2D eigenvalue weighted by Crippen LogP contribution is -2.40. The van der Waals surface area contributed by atoms with Crippen molar-refractivity contribution in [3.8, 4) is 5.88 Å². The molecule has 0 spiro atoms. The predicted molar refractivity (Wildman–Crippen MR) is 107 cm³/mol. The molecular weight excluding hydrogens is 393 g/mol. The van der Waals surface area contributed by atoms with Gasteiger partial charge in [0.1, 0.15) is 23.9 Å². The van der Waals surface area contributed by atoms with Gasteiger partial charge in [0.2, 0.25) is 11.8 Å². The van der Waals surface area contributed by atoms with Crippen LogP contribution in [0.15, 0.2) is 24.7 Å². The first-order valence-electron chi connectivity index (χ1n) is 9.72. The molecule has 30 heavy (non-hydrogen) atoms. The molecule has 0 aliphatic carbocycles. The van der Waals surface area contributed by atoms with Crippen molar-refractivity contribution in [3.05, 3.63) is 36.2 Å². The minimum Gasteiger partial charge on any atom is -0.474 e. The van der Waals surface area contributed by atoms with Crippen LogP contribution in [0.2, 0.25) is 0 Å². The molecule has 3 rings (SSSR count). The summed E-state index contributed by atoms with van der Waals surface area (Å²) in [6, 6.07) is 3.31. The Morgan fingerprint density at radius 2 is 1.93 bits per heavy atom. The van der Waals surface area contributed by atoms with Crippen molar-refractivity contribution in [1.82, 2.24) is 20.0 Å². The fraction of sp³-hybridized carbons (Fsp3) is 0.500. The van der Waals surface area contributed by atoms with Gasteiger partial charge in [-0.1, -0.05) is 0 Å².